The molecule has 1 atom stereocenters. The summed E-state index contributed by atoms with van der Waals surface area (Å²) in [5.41, 5.74) is 6.33. The van der Waals surface area contributed by atoms with E-state index in [1.165, 1.54) is 45.1 Å². The van der Waals surface area contributed by atoms with Crippen LogP contribution < -0.4 is 5.73 Å². The molecular weight excluding hydrogens is 236 g/mol. The minimum Gasteiger partial charge on any atom is -0.381 e. The van der Waals surface area contributed by atoms with E-state index in [1.807, 2.05) is 0 Å². The fraction of sp³-hybridized carbons (Fsp3) is 1.00. The number of nitrogens with zero attached hydrogens (tertiary/aromatic N) is 1. The lowest BCUT2D eigenvalue weighted by molar-refractivity contribution is -0.0304. The maximum atomic E-state index is 6.11. The van der Waals surface area contributed by atoms with Gasteiger partial charge in [0.15, 0.2) is 0 Å². The molecule has 2 aliphatic rings. The Kier molecular flexibility index (Phi) is 5.67. The van der Waals surface area contributed by atoms with Gasteiger partial charge < -0.3 is 10.5 Å². The van der Waals surface area contributed by atoms with E-state index in [4.69, 9.17) is 10.5 Å². The topological polar surface area (TPSA) is 38.5 Å². The van der Waals surface area contributed by atoms with E-state index in [0.29, 0.717) is 0 Å². The Morgan fingerprint density at radius 2 is 2.00 bits per heavy atom. The van der Waals surface area contributed by atoms with Crippen molar-refractivity contribution in [2.75, 3.05) is 32.8 Å². The second-order valence-electron chi connectivity index (χ2n) is 7.12. The molecule has 19 heavy (non-hydrogen) atoms. The predicted molar refractivity (Wildman–Crippen MR) is 80.2 cm³/mol. The maximum Gasteiger partial charge on any atom is 0.0546 e. The molecule has 3 nitrogen and oxygen atoms in total. The van der Waals surface area contributed by atoms with Crippen molar-refractivity contribution in [2.24, 2.45) is 17.1 Å². The first-order chi connectivity index (χ1) is 9.15. The summed E-state index contributed by atoms with van der Waals surface area (Å²) in [4.78, 5) is 2.74. The average molecular weight is 268 g/mol. The van der Waals surface area contributed by atoms with Gasteiger partial charge in [-0.25, -0.2) is 0 Å². The molecule has 112 valence electrons. The van der Waals surface area contributed by atoms with Gasteiger partial charge in [-0.1, -0.05) is 26.7 Å². The molecule has 2 fully saturated rings. The minimum absolute atomic E-state index is 0.218. The van der Waals surface area contributed by atoms with E-state index in [9.17, 15) is 0 Å². The predicted octanol–water partition coefficient (Wildman–Crippen LogP) is 2.64. The number of hydrogen-bond donors (Lipinski definition) is 1. The van der Waals surface area contributed by atoms with Crippen molar-refractivity contribution >= 4 is 0 Å². The molecule has 2 N–H and O–H groups in total. The zero-order valence-corrected chi connectivity index (χ0v) is 12.9. The van der Waals surface area contributed by atoms with Gasteiger partial charge in [-0.3, -0.25) is 4.90 Å². The lowest BCUT2D eigenvalue weighted by Crippen LogP contribution is -2.51. The smallest absolute Gasteiger partial charge is 0.0546 e. The summed E-state index contributed by atoms with van der Waals surface area (Å²) in [5, 5.41) is 0. The molecule has 1 saturated carbocycles. The summed E-state index contributed by atoms with van der Waals surface area (Å²) >= 11 is 0. The molecule has 1 aliphatic carbocycles. The van der Waals surface area contributed by atoms with Crippen molar-refractivity contribution in [1.29, 1.82) is 0 Å². The molecule has 2 rings (SSSR count). The fourth-order valence-electron chi connectivity index (χ4n) is 3.77. The molecule has 0 spiro atoms. The lowest BCUT2D eigenvalue weighted by atomic mass is 9.81. The summed E-state index contributed by atoms with van der Waals surface area (Å²) in [5.74, 6) is 0.736. The van der Waals surface area contributed by atoms with Crippen molar-refractivity contribution in [3.05, 3.63) is 0 Å². The molecule has 1 saturated heterocycles. The Morgan fingerprint density at radius 1 is 1.26 bits per heavy atom. The van der Waals surface area contributed by atoms with Gasteiger partial charge in [0, 0.05) is 37.7 Å². The number of ether oxygens (including phenoxy) is 1. The highest BCUT2D eigenvalue weighted by atomic mass is 16.5. The highest BCUT2D eigenvalue weighted by Crippen LogP contribution is 2.32. The zero-order valence-electron chi connectivity index (χ0n) is 12.9. The summed E-state index contributed by atoms with van der Waals surface area (Å²) in [6.45, 7) is 9.58. The lowest BCUT2D eigenvalue weighted by Gasteiger charge is -2.42. The molecule has 3 heteroatoms. The fourth-order valence-corrected chi connectivity index (χ4v) is 3.77. The molecule has 1 unspecified atom stereocenters. The SMILES string of the molecule is CC(C)CN(CC1(CN)CCCOC1)C1CCCC1. The molecule has 1 aliphatic heterocycles. The Balaban J connectivity index is 2.00. The van der Waals surface area contributed by atoms with Gasteiger partial charge in [-0.15, -0.1) is 0 Å². The molecule has 0 bridgehead atoms. The van der Waals surface area contributed by atoms with Crippen molar-refractivity contribution in [2.45, 2.75) is 58.4 Å². The summed E-state index contributed by atoms with van der Waals surface area (Å²) in [7, 11) is 0. The molecule has 0 aromatic heterocycles. The van der Waals surface area contributed by atoms with Gasteiger partial charge in [0.25, 0.3) is 0 Å². The monoisotopic (exact) mass is 268 g/mol. The van der Waals surface area contributed by atoms with Crippen LogP contribution in [0.2, 0.25) is 0 Å². The van der Waals surface area contributed by atoms with E-state index in [0.717, 1.165) is 38.3 Å². The van der Waals surface area contributed by atoms with Crippen LogP contribution >= 0.6 is 0 Å². The average Bonchev–Trinajstić information content (AvgIpc) is 2.92. The van der Waals surface area contributed by atoms with Crippen LogP contribution in [0.3, 0.4) is 0 Å². The molecule has 0 radical (unpaired) electrons. The van der Waals surface area contributed by atoms with Gasteiger partial charge in [-0.05, 0) is 31.6 Å². The second-order valence-corrected chi connectivity index (χ2v) is 7.12. The number of nitrogens with two attached hydrogens (primary N) is 1. The number of hydrogen-bond acceptors (Lipinski definition) is 3. The maximum absolute atomic E-state index is 6.11. The third-order valence-electron chi connectivity index (χ3n) is 4.82. The van der Waals surface area contributed by atoms with Crippen LogP contribution in [0.5, 0.6) is 0 Å². The van der Waals surface area contributed by atoms with Crippen LogP contribution in [-0.4, -0.2) is 43.8 Å². The van der Waals surface area contributed by atoms with Crippen molar-refractivity contribution in [3.63, 3.8) is 0 Å². The van der Waals surface area contributed by atoms with Crippen LogP contribution in [0, 0.1) is 11.3 Å². The van der Waals surface area contributed by atoms with Crippen LogP contribution in [-0.2, 0) is 4.74 Å². The normalized spacial score (nSPS) is 29.5. The molecule has 0 aromatic rings. The minimum atomic E-state index is 0.218. The summed E-state index contributed by atoms with van der Waals surface area (Å²) in [6.07, 6.45) is 8.00. The standard InChI is InChI=1S/C16H32N2O/c1-14(2)10-18(15-6-3-4-7-15)12-16(11-17)8-5-9-19-13-16/h14-15H,3-13,17H2,1-2H3. The third-order valence-corrected chi connectivity index (χ3v) is 4.82. The largest absolute Gasteiger partial charge is 0.381 e. The van der Waals surface area contributed by atoms with Gasteiger partial charge in [0.2, 0.25) is 0 Å². The van der Waals surface area contributed by atoms with Gasteiger partial charge in [-0.2, -0.15) is 0 Å². The first-order valence-corrected chi connectivity index (χ1v) is 8.17. The van der Waals surface area contributed by atoms with Crippen LogP contribution in [0.25, 0.3) is 0 Å². The van der Waals surface area contributed by atoms with E-state index in [-0.39, 0.29) is 5.41 Å². The van der Waals surface area contributed by atoms with Gasteiger partial charge in [0.1, 0.15) is 0 Å². The molecule has 1 heterocycles. The highest BCUT2D eigenvalue weighted by Gasteiger charge is 2.36. The van der Waals surface area contributed by atoms with Crippen LogP contribution in [0.1, 0.15) is 52.4 Å². The Bertz CT molecular complexity index is 255. The summed E-state index contributed by atoms with van der Waals surface area (Å²) in [6, 6.07) is 0.799. The van der Waals surface area contributed by atoms with Gasteiger partial charge in [0.05, 0.1) is 6.61 Å². The van der Waals surface area contributed by atoms with E-state index in [2.05, 4.69) is 18.7 Å². The number of rotatable bonds is 6. The second kappa shape index (κ2) is 7.05. The van der Waals surface area contributed by atoms with Crippen molar-refractivity contribution in [3.8, 4) is 0 Å². The van der Waals surface area contributed by atoms with Crippen LogP contribution in [0.4, 0.5) is 0 Å². The van der Waals surface area contributed by atoms with E-state index >= 15 is 0 Å². The molecule has 0 aromatic carbocycles. The summed E-state index contributed by atoms with van der Waals surface area (Å²) < 4.78 is 5.74. The first kappa shape index (κ1) is 15.3. The van der Waals surface area contributed by atoms with Gasteiger partial charge >= 0.3 is 0 Å². The molecular formula is C16H32N2O. The Hall–Kier alpha value is -0.120. The van der Waals surface area contributed by atoms with Crippen LogP contribution in [0.15, 0.2) is 0 Å². The third kappa shape index (κ3) is 4.17. The van der Waals surface area contributed by atoms with Crippen molar-refractivity contribution < 1.29 is 4.74 Å². The van der Waals surface area contributed by atoms with Crippen molar-refractivity contribution in [1.82, 2.24) is 4.90 Å². The Morgan fingerprint density at radius 3 is 2.53 bits per heavy atom. The zero-order chi connectivity index (χ0) is 13.7. The van der Waals surface area contributed by atoms with E-state index in [1.54, 1.807) is 0 Å². The molecule has 0 amide bonds. The Labute approximate surface area is 118 Å². The van der Waals surface area contributed by atoms with E-state index < -0.39 is 0 Å². The highest BCUT2D eigenvalue weighted by molar-refractivity contribution is 4.89. The quantitative estimate of drug-likeness (QED) is 0.805. The first-order valence-electron chi connectivity index (χ1n) is 8.17.